The molecule has 0 unspecified atom stereocenters. The number of halogens is 4. The fourth-order valence-corrected chi connectivity index (χ4v) is 2.24. The number of rotatable bonds is 8. The number of aryl methyl sites for hydroxylation is 1. The third kappa shape index (κ3) is 6.89. The van der Waals surface area contributed by atoms with Crippen LogP contribution in [-0.4, -0.2) is 22.5 Å². The van der Waals surface area contributed by atoms with Crippen molar-refractivity contribution in [2.24, 2.45) is 0 Å². The van der Waals surface area contributed by atoms with E-state index in [0.29, 0.717) is 11.4 Å². The molecule has 0 saturated heterocycles. The van der Waals surface area contributed by atoms with Crippen LogP contribution >= 0.6 is 0 Å². The zero-order valence-corrected chi connectivity index (χ0v) is 14.9. The number of aromatic nitrogens is 2. The van der Waals surface area contributed by atoms with Crippen molar-refractivity contribution >= 4 is 0 Å². The summed E-state index contributed by atoms with van der Waals surface area (Å²) in [5, 5.41) is 0. The summed E-state index contributed by atoms with van der Waals surface area (Å²) < 4.78 is 53.9. The molecule has 0 fully saturated rings. The van der Waals surface area contributed by atoms with Crippen molar-refractivity contribution in [2.45, 2.75) is 51.6 Å². The summed E-state index contributed by atoms with van der Waals surface area (Å²) in [7, 11) is 0. The maximum absolute atomic E-state index is 12.8. The van der Waals surface area contributed by atoms with Gasteiger partial charge in [0.1, 0.15) is 5.75 Å². The number of nitrogens with zero attached hydrogens (tertiary/aromatic N) is 2. The summed E-state index contributed by atoms with van der Waals surface area (Å²) in [6, 6.07) is 5.10. The van der Waals surface area contributed by atoms with Crippen LogP contribution in [0, 0.1) is 11.8 Å². The Morgan fingerprint density at radius 2 is 1.67 bits per heavy atom. The molecule has 7 heteroatoms. The van der Waals surface area contributed by atoms with Gasteiger partial charge >= 0.3 is 12.5 Å². The fourth-order valence-electron chi connectivity index (χ4n) is 2.24. The van der Waals surface area contributed by atoms with Gasteiger partial charge in [-0.1, -0.05) is 32.1 Å². The third-order valence-electron chi connectivity index (χ3n) is 3.71. The summed E-state index contributed by atoms with van der Waals surface area (Å²) in [5.41, 5.74) is 1.55. The molecule has 0 radical (unpaired) electrons. The van der Waals surface area contributed by atoms with Crippen molar-refractivity contribution in [1.82, 2.24) is 9.97 Å². The Morgan fingerprint density at radius 3 is 2.26 bits per heavy atom. The second kappa shape index (κ2) is 9.91. The average molecular weight is 380 g/mol. The summed E-state index contributed by atoms with van der Waals surface area (Å²) in [5.74, 6) is 5.53. The van der Waals surface area contributed by atoms with Crippen LogP contribution in [0.5, 0.6) is 5.75 Å². The van der Waals surface area contributed by atoms with Gasteiger partial charge in [0.25, 0.3) is 0 Å². The molecule has 0 bridgehead atoms. The number of unbranched alkanes of at least 4 members (excludes halogenated alkanes) is 3. The smallest absolute Gasteiger partial charge is 0.428 e. The van der Waals surface area contributed by atoms with Gasteiger partial charge in [0.05, 0.1) is 0 Å². The van der Waals surface area contributed by atoms with Crippen molar-refractivity contribution in [3.63, 3.8) is 0 Å². The van der Waals surface area contributed by atoms with E-state index >= 15 is 0 Å². The van der Waals surface area contributed by atoms with E-state index in [0.717, 1.165) is 30.5 Å². The zero-order chi connectivity index (χ0) is 19.7. The van der Waals surface area contributed by atoms with Gasteiger partial charge in [0, 0.05) is 18.0 Å². The predicted octanol–water partition coefficient (Wildman–Crippen LogP) is 5.24. The molecule has 2 rings (SSSR count). The molecule has 144 valence electrons. The maximum Gasteiger partial charge on any atom is 0.461 e. The first kappa shape index (κ1) is 20.7. The Morgan fingerprint density at radius 1 is 1.00 bits per heavy atom. The molecule has 27 heavy (non-hydrogen) atoms. The van der Waals surface area contributed by atoms with Gasteiger partial charge in [-0.15, -0.1) is 0 Å². The Labute approximate surface area is 155 Å². The van der Waals surface area contributed by atoms with Crippen LogP contribution in [0.25, 0.3) is 0 Å². The minimum atomic E-state index is -4.53. The normalized spacial score (nSPS) is 11.2. The number of benzene rings is 1. The minimum Gasteiger partial charge on any atom is -0.428 e. The van der Waals surface area contributed by atoms with E-state index in [2.05, 4.69) is 33.5 Å². The first-order valence-corrected chi connectivity index (χ1v) is 8.68. The van der Waals surface area contributed by atoms with Crippen molar-refractivity contribution in [2.75, 3.05) is 0 Å². The maximum atomic E-state index is 12.8. The molecule has 2 aromatic rings. The number of ether oxygens (including phenoxy) is 1. The van der Waals surface area contributed by atoms with E-state index in [1.54, 1.807) is 12.4 Å². The number of hydrogen-bond donors (Lipinski definition) is 0. The third-order valence-corrected chi connectivity index (χ3v) is 3.71. The lowest BCUT2D eigenvalue weighted by Gasteiger charge is -2.16. The van der Waals surface area contributed by atoms with Crippen LogP contribution in [0.3, 0.4) is 0 Å². The van der Waals surface area contributed by atoms with E-state index in [1.165, 1.54) is 31.4 Å². The molecule has 1 aromatic carbocycles. The summed E-state index contributed by atoms with van der Waals surface area (Å²) in [4.78, 5) is 8.37. The fraction of sp³-hybridized carbons (Fsp3) is 0.400. The van der Waals surface area contributed by atoms with Crippen molar-refractivity contribution < 1.29 is 22.3 Å². The lowest BCUT2D eigenvalue weighted by molar-refractivity contribution is -0.253. The van der Waals surface area contributed by atoms with Crippen molar-refractivity contribution in [3.05, 3.63) is 53.6 Å². The summed E-state index contributed by atoms with van der Waals surface area (Å²) in [6.45, 7) is 2.16. The lowest BCUT2D eigenvalue weighted by atomic mass is 10.1. The molecule has 3 nitrogen and oxygen atoms in total. The molecule has 0 aliphatic rings. The molecule has 0 saturated carbocycles. The first-order valence-electron chi connectivity index (χ1n) is 8.68. The van der Waals surface area contributed by atoms with Crippen molar-refractivity contribution in [1.29, 1.82) is 0 Å². The van der Waals surface area contributed by atoms with Crippen molar-refractivity contribution in [3.8, 4) is 17.6 Å². The summed E-state index contributed by atoms with van der Waals surface area (Å²) in [6.07, 6.45) is 0.670. The highest BCUT2D eigenvalue weighted by Crippen LogP contribution is 2.27. The van der Waals surface area contributed by atoms with Crippen LogP contribution in [0.15, 0.2) is 36.7 Å². The molecule has 1 heterocycles. The number of alkyl halides is 4. The van der Waals surface area contributed by atoms with Gasteiger partial charge in [-0.25, -0.2) is 9.97 Å². The zero-order valence-electron chi connectivity index (χ0n) is 14.9. The van der Waals surface area contributed by atoms with Crippen LogP contribution in [-0.2, 0) is 6.42 Å². The average Bonchev–Trinajstić information content (AvgIpc) is 2.65. The van der Waals surface area contributed by atoms with E-state index in [1.807, 2.05) is 0 Å². The van der Waals surface area contributed by atoms with Gasteiger partial charge < -0.3 is 4.74 Å². The highest BCUT2D eigenvalue weighted by atomic mass is 19.3. The molecule has 0 aliphatic heterocycles. The largest absolute Gasteiger partial charge is 0.461 e. The van der Waals surface area contributed by atoms with E-state index in [-0.39, 0.29) is 5.75 Å². The lowest BCUT2D eigenvalue weighted by Crippen LogP contribution is -2.33. The topological polar surface area (TPSA) is 35.0 Å². The molecule has 0 amide bonds. The van der Waals surface area contributed by atoms with Gasteiger partial charge in [-0.2, -0.15) is 17.6 Å². The van der Waals surface area contributed by atoms with Gasteiger partial charge in [0.15, 0.2) is 0 Å². The van der Waals surface area contributed by atoms with E-state index < -0.39 is 12.5 Å². The molecule has 1 aromatic heterocycles. The quantitative estimate of drug-likeness (QED) is 0.357. The Kier molecular flexibility index (Phi) is 7.59. The van der Waals surface area contributed by atoms with Gasteiger partial charge in [-0.3, -0.25) is 0 Å². The molecule has 0 atom stereocenters. The van der Waals surface area contributed by atoms with Crippen LogP contribution < -0.4 is 4.74 Å². The van der Waals surface area contributed by atoms with E-state index in [4.69, 9.17) is 0 Å². The van der Waals surface area contributed by atoms with Gasteiger partial charge in [0.2, 0.25) is 5.82 Å². The second-order valence-electron chi connectivity index (χ2n) is 5.96. The minimum absolute atomic E-state index is 0.344. The SMILES string of the molecule is CCCCCCc1cnc(C#Cc2ccc(OC(F)(F)C(F)F)cc2)nc1. The van der Waals surface area contributed by atoms with Crippen LogP contribution in [0.4, 0.5) is 17.6 Å². The highest BCUT2D eigenvalue weighted by Gasteiger charge is 2.43. The molecular weight excluding hydrogens is 360 g/mol. The first-order chi connectivity index (χ1) is 12.9. The van der Waals surface area contributed by atoms with Gasteiger partial charge in [-0.05, 0) is 48.6 Å². The Balaban J connectivity index is 1.93. The molecule has 0 aliphatic carbocycles. The molecular formula is C20H20F4N2O. The van der Waals surface area contributed by atoms with Crippen LogP contribution in [0.2, 0.25) is 0 Å². The highest BCUT2D eigenvalue weighted by molar-refractivity contribution is 5.41. The monoisotopic (exact) mass is 380 g/mol. The summed E-state index contributed by atoms with van der Waals surface area (Å²) >= 11 is 0. The van der Waals surface area contributed by atoms with E-state index in [9.17, 15) is 17.6 Å². The number of hydrogen-bond acceptors (Lipinski definition) is 3. The second-order valence-corrected chi connectivity index (χ2v) is 5.96. The molecule has 0 N–H and O–H groups in total. The Bertz CT molecular complexity index is 765. The molecule has 0 spiro atoms. The standard InChI is InChI=1S/C20H20F4N2O/c1-2-3-4-5-6-16-13-25-18(26-14-16)12-9-15-7-10-17(11-8-15)27-20(23,24)19(21)22/h7-8,10-11,13-14,19H,2-6H2,1H3. The Hall–Kier alpha value is -2.62. The predicted molar refractivity (Wildman–Crippen MR) is 93.9 cm³/mol. The van der Waals surface area contributed by atoms with Crippen LogP contribution in [0.1, 0.15) is 49.6 Å².